The number of anilines is 2. The SMILES string of the molecule is COc1ccc(Nc2nc(C(=O)NCCCN3CCCC3=O)cc3occc23)cc1. The zero-order valence-corrected chi connectivity index (χ0v) is 16.8. The number of pyridine rings is 1. The minimum Gasteiger partial charge on any atom is -0.497 e. The number of furan rings is 1. The fraction of sp³-hybridized carbons (Fsp3) is 0.318. The Kier molecular flexibility index (Phi) is 5.83. The van der Waals surface area contributed by atoms with Crippen LogP contribution in [0.5, 0.6) is 5.75 Å². The first-order valence-corrected chi connectivity index (χ1v) is 9.99. The number of fused-ring (bicyclic) bond motifs is 1. The minimum atomic E-state index is -0.279. The quantitative estimate of drug-likeness (QED) is 0.555. The second-order valence-electron chi connectivity index (χ2n) is 7.14. The van der Waals surface area contributed by atoms with Gasteiger partial charge >= 0.3 is 0 Å². The number of hydrogen-bond acceptors (Lipinski definition) is 6. The molecule has 156 valence electrons. The van der Waals surface area contributed by atoms with E-state index in [1.54, 1.807) is 19.4 Å². The maximum absolute atomic E-state index is 12.6. The van der Waals surface area contributed by atoms with Crippen molar-refractivity contribution in [2.75, 3.05) is 32.1 Å². The standard InChI is InChI=1S/C22H24N4O4/c1-29-16-7-5-15(6-8-16)24-21-17-9-13-30-19(17)14-18(25-21)22(28)23-10-3-12-26-11-2-4-20(26)27/h5-9,13-14H,2-4,10-12H2,1H3,(H,23,28)(H,24,25). The molecular weight excluding hydrogens is 384 g/mol. The van der Waals surface area contributed by atoms with Crippen molar-refractivity contribution in [3.8, 4) is 5.75 Å². The van der Waals surface area contributed by atoms with Gasteiger partial charge in [-0.2, -0.15) is 0 Å². The molecule has 1 aliphatic heterocycles. The molecule has 0 spiro atoms. The van der Waals surface area contributed by atoms with Gasteiger partial charge in [-0.15, -0.1) is 0 Å². The summed E-state index contributed by atoms with van der Waals surface area (Å²) in [6.07, 6.45) is 3.82. The lowest BCUT2D eigenvalue weighted by Crippen LogP contribution is -2.31. The van der Waals surface area contributed by atoms with E-state index >= 15 is 0 Å². The number of carbonyl (C=O) groups excluding carboxylic acids is 2. The summed E-state index contributed by atoms with van der Waals surface area (Å²) in [7, 11) is 1.62. The summed E-state index contributed by atoms with van der Waals surface area (Å²) in [5.41, 5.74) is 1.66. The highest BCUT2D eigenvalue weighted by molar-refractivity contribution is 5.99. The number of methoxy groups -OCH3 is 1. The predicted molar refractivity (Wildman–Crippen MR) is 113 cm³/mol. The second kappa shape index (κ2) is 8.86. The second-order valence-corrected chi connectivity index (χ2v) is 7.14. The van der Waals surface area contributed by atoms with Crippen LogP contribution in [0.15, 0.2) is 47.1 Å². The van der Waals surface area contributed by atoms with Gasteiger partial charge in [-0.05, 0) is 43.2 Å². The van der Waals surface area contributed by atoms with Crippen LogP contribution in [0.1, 0.15) is 29.8 Å². The number of rotatable bonds is 8. The Morgan fingerprint density at radius 3 is 2.83 bits per heavy atom. The van der Waals surface area contributed by atoms with E-state index < -0.39 is 0 Å². The molecule has 0 saturated carbocycles. The van der Waals surface area contributed by atoms with Crippen molar-refractivity contribution in [2.24, 2.45) is 0 Å². The average molecular weight is 408 g/mol. The molecule has 3 heterocycles. The van der Waals surface area contributed by atoms with Crippen LogP contribution in [0.4, 0.5) is 11.5 Å². The number of nitrogens with one attached hydrogen (secondary N) is 2. The number of ether oxygens (including phenoxy) is 1. The molecule has 0 radical (unpaired) electrons. The molecule has 2 N–H and O–H groups in total. The van der Waals surface area contributed by atoms with Crippen molar-refractivity contribution >= 4 is 34.3 Å². The summed E-state index contributed by atoms with van der Waals surface area (Å²) in [6.45, 7) is 1.94. The van der Waals surface area contributed by atoms with Gasteiger partial charge in [-0.3, -0.25) is 9.59 Å². The van der Waals surface area contributed by atoms with E-state index in [1.165, 1.54) is 0 Å². The molecule has 8 nitrogen and oxygen atoms in total. The molecule has 1 aliphatic rings. The highest BCUT2D eigenvalue weighted by Crippen LogP contribution is 2.27. The van der Waals surface area contributed by atoms with E-state index in [1.807, 2.05) is 35.2 Å². The Balaban J connectivity index is 1.43. The van der Waals surface area contributed by atoms with Crippen molar-refractivity contribution in [3.05, 3.63) is 48.4 Å². The zero-order chi connectivity index (χ0) is 20.9. The molecular formula is C22H24N4O4. The van der Waals surface area contributed by atoms with Gasteiger partial charge in [-0.1, -0.05) is 0 Å². The number of carbonyl (C=O) groups is 2. The largest absolute Gasteiger partial charge is 0.497 e. The van der Waals surface area contributed by atoms with E-state index in [-0.39, 0.29) is 17.5 Å². The smallest absolute Gasteiger partial charge is 0.270 e. The topological polar surface area (TPSA) is 96.7 Å². The Bertz CT molecular complexity index is 1040. The number of likely N-dealkylation sites (tertiary alicyclic amines) is 1. The van der Waals surface area contributed by atoms with Gasteiger partial charge in [0.2, 0.25) is 5.91 Å². The van der Waals surface area contributed by atoms with Crippen LogP contribution in [0.2, 0.25) is 0 Å². The third-order valence-electron chi connectivity index (χ3n) is 5.10. The minimum absolute atomic E-state index is 0.195. The van der Waals surface area contributed by atoms with Crippen LogP contribution in [0.25, 0.3) is 11.0 Å². The third-order valence-corrected chi connectivity index (χ3v) is 5.10. The van der Waals surface area contributed by atoms with Gasteiger partial charge in [0.1, 0.15) is 22.8 Å². The van der Waals surface area contributed by atoms with E-state index in [0.717, 1.165) is 29.8 Å². The molecule has 3 aromatic rings. The number of hydrogen-bond donors (Lipinski definition) is 2. The molecule has 1 aromatic carbocycles. The van der Waals surface area contributed by atoms with Crippen LogP contribution in [0.3, 0.4) is 0 Å². The highest BCUT2D eigenvalue weighted by Gasteiger charge is 2.19. The molecule has 0 aliphatic carbocycles. The summed E-state index contributed by atoms with van der Waals surface area (Å²) in [6, 6.07) is 10.9. The molecule has 4 rings (SSSR count). The van der Waals surface area contributed by atoms with Crippen LogP contribution < -0.4 is 15.4 Å². The number of amides is 2. The van der Waals surface area contributed by atoms with Crippen molar-refractivity contribution < 1.29 is 18.7 Å². The fourth-order valence-corrected chi connectivity index (χ4v) is 3.49. The van der Waals surface area contributed by atoms with Crippen molar-refractivity contribution in [3.63, 3.8) is 0 Å². The van der Waals surface area contributed by atoms with Crippen molar-refractivity contribution in [2.45, 2.75) is 19.3 Å². The van der Waals surface area contributed by atoms with Crippen LogP contribution in [0, 0.1) is 0 Å². The van der Waals surface area contributed by atoms with Gasteiger partial charge in [0, 0.05) is 37.8 Å². The lowest BCUT2D eigenvalue weighted by molar-refractivity contribution is -0.127. The van der Waals surface area contributed by atoms with E-state index in [9.17, 15) is 9.59 Å². The third kappa shape index (κ3) is 4.37. The summed E-state index contributed by atoms with van der Waals surface area (Å²) in [4.78, 5) is 30.6. The summed E-state index contributed by atoms with van der Waals surface area (Å²) < 4.78 is 10.7. The van der Waals surface area contributed by atoms with Gasteiger partial charge in [0.15, 0.2) is 0 Å². The highest BCUT2D eigenvalue weighted by atomic mass is 16.5. The molecule has 8 heteroatoms. The monoisotopic (exact) mass is 408 g/mol. The molecule has 1 saturated heterocycles. The van der Waals surface area contributed by atoms with Crippen molar-refractivity contribution in [1.29, 1.82) is 0 Å². The molecule has 1 fully saturated rings. The van der Waals surface area contributed by atoms with Crippen LogP contribution in [-0.2, 0) is 4.79 Å². The number of aromatic nitrogens is 1. The fourth-order valence-electron chi connectivity index (χ4n) is 3.49. The summed E-state index contributed by atoms with van der Waals surface area (Å²) in [5, 5.41) is 6.90. The van der Waals surface area contributed by atoms with Crippen LogP contribution in [-0.4, -0.2) is 48.4 Å². The van der Waals surface area contributed by atoms with E-state index in [2.05, 4.69) is 15.6 Å². The summed E-state index contributed by atoms with van der Waals surface area (Å²) >= 11 is 0. The van der Waals surface area contributed by atoms with Crippen molar-refractivity contribution in [1.82, 2.24) is 15.2 Å². The van der Waals surface area contributed by atoms with Gasteiger partial charge in [-0.25, -0.2) is 4.98 Å². The average Bonchev–Trinajstić information content (AvgIpc) is 3.40. The summed E-state index contributed by atoms with van der Waals surface area (Å²) in [5.74, 6) is 1.21. The molecule has 30 heavy (non-hydrogen) atoms. The molecule has 0 bridgehead atoms. The Labute approximate surface area is 174 Å². The van der Waals surface area contributed by atoms with Gasteiger partial charge < -0.3 is 24.7 Å². The molecule has 0 atom stereocenters. The maximum Gasteiger partial charge on any atom is 0.270 e. The van der Waals surface area contributed by atoms with Gasteiger partial charge in [0.05, 0.1) is 18.8 Å². The lowest BCUT2D eigenvalue weighted by Gasteiger charge is -2.15. The van der Waals surface area contributed by atoms with Crippen LogP contribution >= 0.6 is 0 Å². The first kappa shape index (κ1) is 19.8. The molecule has 2 amide bonds. The Hall–Kier alpha value is -3.55. The maximum atomic E-state index is 12.6. The molecule has 0 unspecified atom stereocenters. The molecule has 2 aromatic heterocycles. The number of nitrogens with zero attached hydrogens (tertiary/aromatic N) is 2. The first-order chi connectivity index (χ1) is 14.6. The zero-order valence-electron chi connectivity index (χ0n) is 16.8. The normalized spacial score (nSPS) is 13.6. The lowest BCUT2D eigenvalue weighted by atomic mass is 10.2. The Morgan fingerprint density at radius 2 is 2.10 bits per heavy atom. The van der Waals surface area contributed by atoms with Gasteiger partial charge in [0.25, 0.3) is 5.91 Å². The number of benzene rings is 1. The first-order valence-electron chi connectivity index (χ1n) is 9.99. The predicted octanol–water partition coefficient (Wildman–Crippen LogP) is 3.32. The van der Waals surface area contributed by atoms with E-state index in [4.69, 9.17) is 9.15 Å². The van der Waals surface area contributed by atoms with E-state index in [0.29, 0.717) is 37.3 Å². The Morgan fingerprint density at radius 1 is 1.27 bits per heavy atom.